The van der Waals surface area contributed by atoms with Crippen LogP contribution in [0.15, 0.2) is 0 Å². The van der Waals surface area contributed by atoms with Crippen molar-refractivity contribution in [2.24, 2.45) is 0 Å². The number of rotatable bonds is 0. The van der Waals surface area contributed by atoms with Crippen molar-refractivity contribution in [3.05, 3.63) is 0 Å². The summed E-state index contributed by atoms with van der Waals surface area (Å²) in [4.78, 5) is 0. The summed E-state index contributed by atoms with van der Waals surface area (Å²) in [6.07, 6.45) is 7.37. The Labute approximate surface area is 76.6 Å². The highest BCUT2D eigenvalue weighted by atomic mass is 79.9. The summed E-state index contributed by atoms with van der Waals surface area (Å²) in [6, 6.07) is 0. The van der Waals surface area contributed by atoms with Crippen LogP contribution in [0.2, 0.25) is 0 Å². The zero-order valence-electron chi connectivity index (χ0n) is 5.74. The summed E-state index contributed by atoms with van der Waals surface area (Å²) >= 11 is 3.80. The van der Waals surface area contributed by atoms with Crippen LogP contribution in [0.25, 0.3) is 0 Å². The molecule has 0 nitrogen and oxygen atoms in total. The monoisotopic (exact) mass is 274 g/mol. The molecule has 3 heteroatoms. The lowest BCUT2D eigenvalue weighted by Gasteiger charge is -2.18. The molecule has 0 amide bonds. The van der Waals surface area contributed by atoms with E-state index in [2.05, 4.69) is 22.2 Å². The Morgan fingerprint density at radius 1 is 1.11 bits per heavy atom. The highest BCUT2D eigenvalue weighted by Gasteiger charge is 2.30. The number of halogens is 2. The van der Waals surface area contributed by atoms with Gasteiger partial charge in [-0.25, -0.2) is 0 Å². The predicted molar refractivity (Wildman–Crippen MR) is 45.4 cm³/mol. The molecule has 0 aromatic rings. The molecule has 0 bridgehead atoms. The maximum Gasteiger partial charge on any atom is 0.138 e. The van der Waals surface area contributed by atoms with Gasteiger partial charge in [0.05, 0.1) is 25.0 Å². The molecule has 0 atom stereocenters. The minimum Gasteiger partial charge on any atom is -1.00 e. The summed E-state index contributed by atoms with van der Waals surface area (Å²) in [5, 5.41) is 0. The van der Waals surface area contributed by atoms with E-state index < -0.39 is 5.96 Å². The third kappa shape index (κ3) is 3.95. The Morgan fingerprint density at radius 2 is 1.56 bits per heavy atom. The van der Waals surface area contributed by atoms with E-state index in [-0.39, 0.29) is 17.0 Å². The Morgan fingerprint density at radius 3 is 1.78 bits per heavy atom. The average Bonchev–Trinajstić information content (AvgIpc) is 1.65. The molecular formula is C6H13Br2P. The minimum atomic E-state index is -0.524. The SMILES string of the molecule is C[P+]1(Br)CCCCC1.[Br-]. The van der Waals surface area contributed by atoms with E-state index in [9.17, 15) is 0 Å². The van der Waals surface area contributed by atoms with Crippen molar-refractivity contribution in [1.82, 2.24) is 0 Å². The lowest BCUT2D eigenvalue weighted by Crippen LogP contribution is -3.00. The summed E-state index contributed by atoms with van der Waals surface area (Å²) < 4.78 is 0. The van der Waals surface area contributed by atoms with E-state index in [4.69, 9.17) is 0 Å². The van der Waals surface area contributed by atoms with Crippen LogP contribution in [0.1, 0.15) is 19.3 Å². The van der Waals surface area contributed by atoms with Crippen LogP contribution >= 0.6 is 21.5 Å². The normalized spacial score (nSPS) is 24.7. The largest absolute Gasteiger partial charge is 1.00 e. The molecule has 1 fully saturated rings. The maximum atomic E-state index is 3.80. The highest BCUT2D eigenvalue weighted by Crippen LogP contribution is 2.65. The zero-order chi connectivity index (χ0) is 6.04. The molecule has 9 heavy (non-hydrogen) atoms. The summed E-state index contributed by atoms with van der Waals surface area (Å²) in [6.45, 7) is 2.41. The van der Waals surface area contributed by atoms with E-state index in [0.717, 1.165) is 0 Å². The van der Waals surface area contributed by atoms with Crippen molar-refractivity contribution in [2.45, 2.75) is 19.3 Å². The molecule has 1 saturated heterocycles. The lowest BCUT2D eigenvalue weighted by molar-refractivity contribution is -0.00000168. The van der Waals surface area contributed by atoms with Crippen LogP contribution < -0.4 is 17.0 Å². The Balaban J connectivity index is 0.000000640. The highest BCUT2D eigenvalue weighted by molar-refractivity contribution is 9.42. The molecule has 0 spiro atoms. The second-order valence-corrected chi connectivity index (χ2v) is 11.3. The van der Waals surface area contributed by atoms with Crippen LogP contribution in [0.5, 0.6) is 0 Å². The second-order valence-electron chi connectivity index (χ2n) is 2.77. The van der Waals surface area contributed by atoms with Crippen molar-refractivity contribution in [3.63, 3.8) is 0 Å². The molecule has 1 heterocycles. The Kier molecular flexibility index (Phi) is 4.97. The molecule has 0 unspecified atom stereocenters. The van der Waals surface area contributed by atoms with E-state index >= 15 is 0 Å². The minimum absolute atomic E-state index is 0. The smallest absolute Gasteiger partial charge is 0.138 e. The van der Waals surface area contributed by atoms with E-state index in [1.165, 1.54) is 31.6 Å². The van der Waals surface area contributed by atoms with Crippen molar-refractivity contribution in [3.8, 4) is 0 Å². The third-order valence-corrected chi connectivity index (χ3v) is 6.37. The van der Waals surface area contributed by atoms with Crippen LogP contribution in [0.3, 0.4) is 0 Å². The van der Waals surface area contributed by atoms with Crippen LogP contribution in [-0.2, 0) is 0 Å². The summed E-state index contributed by atoms with van der Waals surface area (Å²) in [7, 11) is 0. The first kappa shape index (κ1) is 10.4. The van der Waals surface area contributed by atoms with Gasteiger partial charge >= 0.3 is 0 Å². The summed E-state index contributed by atoms with van der Waals surface area (Å²) in [5.74, 6) is -0.524. The standard InChI is InChI=1S/C6H13BrP.BrH/c1-8(7)5-3-2-4-6-8;/h2-6H2,1H3;1H/q+1;/p-1. The van der Waals surface area contributed by atoms with Gasteiger partial charge in [0.25, 0.3) is 0 Å². The third-order valence-electron chi connectivity index (χ3n) is 1.75. The van der Waals surface area contributed by atoms with Crippen molar-refractivity contribution >= 4 is 21.5 Å². The molecule has 0 radical (unpaired) electrons. The van der Waals surface area contributed by atoms with Gasteiger partial charge in [0.1, 0.15) is 15.5 Å². The molecule has 0 saturated carbocycles. The number of hydrogen-bond donors (Lipinski definition) is 0. The van der Waals surface area contributed by atoms with Crippen LogP contribution in [0, 0.1) is 0 Å². The van der Waals surface area contributed by atoms with E-state index in [1.807, 2.05) is 0 Å². The van der Waals surface area contributed by atoms with Gasteiger partial charge in [-0.05, 0) is 19.3 Å². The van der Waals surface area contributed by atoms with Crippen LogP contribution in [0.4, 0.5) is 0 Å². The number of hydrogen-bond acceptors (Lipinski definition) is 0. The first-order valence-electron chi connectivity index (χ1n) is 3.25. The van der Waals surface area contributed by atoms with Gasteiger partial charge in [-0.1, -0.05) is 0 Å². The molecule has 1 rings (SSSR count). The molecule has 0 aromatic heterocycles. The van der Waals surface area contributed by atoms with Gasteiger partial charge in [-0.15, -0.1) is 0 Å². The summed E-state index contributed by atoms with van der Waals surface area (Å²) in [5.41, 5.74) is 0. The van der Waals surface area contributed by atoms with E-state index in [0.29, 0.717) is 0 Å². The molecule has 0 N–H and O–H groups in total. The van der Waals surface area contributed by atoms with Gasteiger partial charge in [-0.3, -0.25) is 0 Å². The van der Waals surface area contributed by atoms with Gasteiger partial charge in [0.2, 0.25) is 0 Å². The van der Waals surface area contributed by atoms with Gasteiger partial charge < -0.3 is 17.0 Å². The van der Waals surface area contributed by atoms with Gasteiger partial charge in [0.15, 0.2) is 0 Å². The lowest BCUT2D eigenvalue weighted by atomic mass is 10.3. The molecular weight excluding hydrogens is 263 g/mol. The molecule has 56 valence electrons. The fraction of sp³-hybridized carbons (Fsp3) is 1.00. The molecule has 1 aliphatic rings. The average molecular weight is 276 g/mol. The second kappa shape index (κ2) is 4.31. The Hall–Kier alpha value is 1.39. The first-order valence-corrected chi connectivity index (χ1v) is 7.87. The van der Waals surface area contributed by atoms with E-state index in [1.54, 1.807) is 0 Å². The van der Waals surface area contributed by atoms with Crippen LogP contribution in [-0.4, -0.2) is 19.0 Å². The van der Waals surface area contributed by atoms with Crippen molar-refractivity contribution in [1.29, 1.82) is 0 Å². The Bertz CT molecular complexity index is 75.1. The molecule has 0 aromatic carbocycles. The maximum absolute atomic E-state index is 3.80. The molecule has 0 aliphatic carbocycles. The first-order chi connectivity index (χ1) is 3.71. The van der Waals surface area contributed by atoms with Crippen molar-refractivity contribution in [2.75, 3.05) is 19.0 Å². The zero-order valence-corrected chi connectivity index (χ0v) is 9.81. The van der Waals surface area contributed by atoms with Gasteiger partial charge in [0, 0.05) is 0 Å². The molecule has 1 aliphatic heterocycles. The van der Waals surface area contributed by atoms with Gasteiger partial charge in [-0.2, -0.15) is 0 Å². The topological polar surface area (TPSA) is 0 Å². The fourth-order valence-corrected chi connectivity index (χ4v) is 4.67. The predicted octanol–water partition coefficient (Wildman–Crippen LogP) is 0.132. The quantitative estimate of drug-likeness (QED) is 0.552. The van der Waals surface area contributed by atoms with Crippen molar-refractivity contribution < 1.29 is 17.0 Å². The fourth-order valence-electron chi connectivity index (χ4n) is 1.17.